The number of hydrogen-bond acceptors (Lipinski definition) is 2. The van der Waals surface area contributed by atoms with Crippen molar-refractivity contribution in [3.05, 3.63) is 16.4 Å². The summed E-state index contributed by atoms with van der Waals surface area (Å²) < 4.78 is 1.85. The van der Waals surface area contributed by atoms with Crippen LogP contribution in [-0.2, 0) is 20.0 Å². The van der Waals surface area contributed by atoms with Crippen LogP contribution in [0.4, 0.5) is 0 Å². The van der Waals surface area contributed by atoms with Crippen LogP contribution in [0.3, 0.4) is 0 Å². The molecular weight excluding hydrogens is 257 g/mol. The minimum absolute atomic E-state index is 0.260. The Bertz CT molecular complexity index is 350. The van der Waals surface area contributed by atoms with Crippen LogP contribution < -0.4 is 5.32 Å². The summed E-state index contributed by atoms with van der Waals surface area (Å²) in [6.45, 7) is 5.81. The molecule has 0 aliphatic heterocycles. The van der Waals surface area contributed by atoms with Gasteiger partial charge in [0.15, 0.2) is 0 Å². The number of alkyl halides is 1. The van der Waals surface area contributed by atoms with E-state index in [9.17, 15) is 0 Å². The number of hydrogen-bond donors (Lipinski definition) is 1. The summed E-state index contributed by atoms with van der Waals surface area (Å²) in [5.41, 5.74) is 2.01. The van der Waals surface area contributed by atoms with Crippen LogP contribution >= 0.6 is 23.2 Å². The number of nitrogens with one attached hydrogen (secondary N) is 1. The van der Waals surface area contributed by atoms with Crippen LogP contribution in [0.2, 0.25) is 5.02 Å². The molecule has 0 bridgehead atoms. The second-order valence-electron chi connectivity index (χ2n) is 4.16. The first-order valence-electron chi connectivity index (χ1n) is 6.15. The summed E-state index contributed by atoms with van der Waals surface area (Å²) in [6.07, 6.45) is 2.86. The fourth-order valence-corrected chi connectivity index (χ4v) is 2.15. The fraction of sp³-hybridized carbons (Fsp3) is 0.750. The second-order valence-corrected chi connectivity index (χ2v) is 5.15. The van der Waals surface area contributed by atoms with Gasteiger partial charge in [0.25, 0.3) is 0 Å². The highest BCUT2D eigenvalue weighted by atomic mass is 35.5. The van der Waals surface area contributed by atoms with Crippen molar-refractivity contribution in [3.63, 3.8) is 0 Å². The Morgan fingerprint density at radius 1 is 1.41 bits per heavy atom. The Labute approximate surface area is 113 Å². The first-order chi connectivity index (χ1) is 8.10. The van der Waals surface area contributed by atoms with Crippen LogP contribution in [0.15, 0.2) is 0 Å². The smallest absolute Gasteiger partial charge is 0.0863 e. The van der Waals surface area contributed by atoms with Crippen LogP contribution in [0.1, 0.15) is 38.1 Å². The maximum absolute atomic E-state index is 6.25. The lowest BCUT2D eigenvalue weighted by Crippen LogP contribution is -2.19. The highest BCUT2D eigenvalue weighted by molar-refractivity contribution is 6.31. The van der Waals surface area contributed by atoms with Crippen molar-refractivity contribution in [2.45, 2.75) is 45.0 Å². The molecule has 3 nitrogen and oxygen atoms in total. The topological polar surface area (TPSA) is 29.9 Å². The molecule has 1 aromatic heterocycles. The third-order valence-electron chi connectivity index (χ3n) is 2.87. The van der Waals surface area contributed by atoms with Gasteiger partial charge < -0.3 is 5.32 Å². The summed E-state index contributed by atoms with van der Waals surface area (Å²) in [6, 6.07) is 0. The normalized spacial score (nSPS) is 13.0. The molecule has 1 atom stereocenters. The molecule has 1 N–H and O–H groups in total. The largest absolute Gasteiger partial charge is 0.311 e. The van der Waals surface area contributed by atoms with Gasteiger partial charge in [-0.1, -0.05) is 25.4 Å². The number of aromatic nitrogens is 2. The van der Waals surface area contributed by atoms with Gasteiger partial charge in [0, 0.05) is 19.0 Å². The van der Waals surface area contributed by atoms with Gasteiger partial charge in [0.2, 0.25) is 0 Å². The minimum atomic E-state index is 0.260. The zero-order valence-electron chi connectivity index (χ0n) is 10.8. The Balaban J connectivity index is 2.44. The van der Waals surface area contributed by atoms with E-state index >= 15 is 0 Å². The lowest BCUT2D eigenvalue weighted by Gasteiger charge is -2.08. The predicted molar refractivity (Wildman–Crippen MR) is 73.9 cm³/mol. The van der Waals surface area contributed by atoms with Gasteiger partial charge in [0.05, 0.1) is 16.4 Å². The Morgan fingerprint density at radius 2 is 2.12 bits per heavy atom. The molecule has 0 saturated carbocycles. The predicted octanol–water partition coefficient (Wildman–Crippen LogP) is 3.13. The van der Waals surface area contributed by atoms with Crippen molar-refractivity contribution in [3.8, 4) is 0 Å². The van der Waals surface area contributed by atoms with Crippen LogP contribution in [-0.4, -0.2) is 21.7 Å². The molecule has 0 aliphatic rings. The van der Waals surface area contributed by atoms with E-state index < -0.39 is 0 Å². The van der Waals surface area contributed by atoms with Gasteiger partial charge in [-0.15, -0.1) is 11.6 Å². The van der Waals surface area contributed by atoms with Gasteiger partial charge in [0.1, 0.15) is 0 Å². The van der Waals surface area contributed by atoms with E-state index in [1.54, 1.807) is 0 Å². The van der Waals surface area contributed by atoms with Crippen molar-refractivity contribution >= 4 is 23.2 Å². The lowest BCUT2D eigenvalue weighted by atomic mass is 10.2. The summed E-state index contributed by atoms with van der Waals surface area (Å²) >= 11 is 12.3. The van der Waals surface area contributed by atoms with Gasteiger partial charge in [-0.25, -0.2) is 0 Å². The van der Waals surface area contributed by atoms with Crippen molar-refractivity contribution in [1.82, 2.24) is 15.1 Å². The highest BCUT2D eigenvalue weighted by Gasteiger charge is 2.12. The molecule has 1 heterocycles. The SMILES string of the molecule is CCc1nn(C)c(CNCCC(Cl)CC)c1Cl. The standard InChI is InChI=1S/C12H21Cl2N3/c1-4-9(13)6-7-15-8-11-12(14)10(5-2)16-17(11)3/h9,15H,4-8H2,1-3H3. The molecular formula is C12H21Cl2N3. The summed E-state index contributed by atoms with van der Waals surface area (Å²) in [4.78, 5) is 0. The number of rotatable bonds is 7. The van der Waals surface area contributed by atoms with Crippen molar-refractivity contribution in [2.75, 3.05) is 6.54 Å². The molecule has 0 saturated heterocycles. The van der Waals surface area contributed by atoms with Gasteiger partial charge in [-0.2, -0.15) is 5.10 Å². The molecule has 0 amide bonds. The van der Waals surface area contributed by atoms with E-state index in [1.807, 2.05) is 11.7 Å². The first-order valence-corrected chi connectivity index (χ1v) is 6.96. The molecule has 1 rings (SSSR count). The summed E-state index contributed by atoms with van der Waals surface area (Å²) in [5.74, 6) is 0. The van der Waals surface area contributed by atoms with Gasteiger partial charge in [-0.3, -0.25) is 4.68 Å². The molecule has 0 aromatic carbocycles. The Morgan fingerprint density at radius 3 is 2.65 bits per heavy atom. The van der Waals surface area contributed by atoms with Crippen LogP contribution in [0.5, 0.6) is 0 Å². The number of nitrogens with zero attached hydrogens (tertiary/aromatic N) is 2. The molecule has 0 fully saturated rings. The van der Waals surface area contributed by atoms with Crippen LogP contribution in [0, 0.1) is 0 Å². The molecule has 98 valence electrons. The summed E-state index contributed by atoms with van der Waals surface area (Å²) in [5, 5.41) is 8.79. The maximum atomic E-state index is 6.25. The average molecular weight is 278 g/mol. The number of aryl methyl sites for hydroxylation is 2. The molecule has 5 heteroatoms. The lowest BCUT2D eigenvalue weighted by molar-refractivity contribution is 0.591. The van der Waals surface area contributed by atoms with Gasteiger partial charge >= 0.3 is 0 Å². The number of halogens is 2. The molecule has 0 aliphatic carbocycles. The Hall–Kier alpha value is -0.250. The van der Waals surface area contributed by atoms with Crippen LogP contribution in [0.25, 0.3) is 0 Å². The van der Waals surface area contributed by atoms with E-state index in [0.29, 0.717) is 0 Å². The first kappa shape index (κ1) is 14.8. The zero-order valence-corrected chi connectivity index (χ0v) is 12.3. The molecule has 1 unspecified atom stereocenters. The highest BCUT2D eigenvalue weighted by Crippen LogP contribution is 2.20. The van der Waals surface area contributed by atoms with E-state index in [2.05, 4.69) is 24.3 Å². The third-order valence-corrected chi connectivity index (χ3v) is 3.84. The molecule has 0 spiro atoms. The van der Waals surface area contributed by atoms with Crippen molar-refractivity contribution in [2.24, 2.45) is 7.05 Å². The zero-order chi connectivity index (χ0) is 12.8. The third kappa shape index (κ3) is 4.16. The van der Waals surface area contributed by atoms with Gasteiger partial charge in [-0.05, 0) is 25.8 Å². The van der Waals surface area contributed by atoms with E-state index in [-0.39, 0.29) is 5.38 Å². The van der Waals surface area contributed by atoms with Crippen molar-refractivity contribution in [1.29, 1.82) is 0 Å². The fourth-order valence-electron chi connectivity index (χ4n) is 1.68. The van der Waals surface area contributed by atoms with Crippen molar-refractivity contribution < 1.29 is 0 Å². The van der Waals surface area contributed by atoms with E-state index in [0.717, 1.165) is 48.8 Å². The van der Waals surface area contributed by atoms with E-state index in [1.165, 1.54) is 0 Å². The average Bonchev–Trinajstić information content (AvgIpc) is 2.60. The van der Waals surface area contributed by atoms with E-state index in [4.69, 9.17) is 23.2 Å². The quantitative estimate of drug-likeness (QED) is 0.613. The molecule has 1 aromatic rings. The second kappa shape index (κ2) is 7.24. The molecule has 0 radical (unpaired) electrons. The monoisotopic (exact) mass is 277 g/mol. The molecule has 17 heavy (non-hydrogen) atoms. The maximum Gasteiger partial charge on any atom is 0.0863 e. The summed E-state index contributed by atoms with van der Waals surface area (Å²) in [7, 11) is 1.93. The minimum Gasteiger partial charge on any atom is -0.311 e. The Kier molecular flexibility index (Phi) is 6.31.